The van der Waals surface area contributed by atoms with Crippen molar-refractivity contribution in [2.75, 3.05) is 6.54 Å². The van der Waals surface area contributed by atoms with Gasteiger partial charge in [-0.05, 0) is 45.4 Å². The summed E-state index contributed by atoms with van der Waals surface area (Å²) in [4.78, 5) is 27.0. The largest absolute Gasteiger partial charge is 0.458 e. The number of amides is 1. The van der Waals surface area contributed by atoms with Gasteiger partial charge in [-0.3, -0.25) is 4.79 Å². The Morgan fingerprint density at radius 2 is 1.69 bits per heavy atom. The summed E-state index contributed by atoms with van der Waals surface area (Å²) in [5.74, 6) is -2.10. The molecule has 1 aliphatic heterocycles. The highest BCUT2D eigenvalue weighted by Gasteiger charge is 2.54. The van der Waals surface area contributed by atoms with Crippen molar-refractivity contribution in [3.63, 3.8) is 0 Å². The lowest BCUT2D eigenvalue weighted by Gasteiger charge is -2.32. The minimum Gasteiger partial charge on any atom is -0.458 e. The van der Waals surface area contributed by atoms with Crippen LogP contribution < -0.4 is 5.73 Å². The van der Waals surface area contributed by atoms with Crippen LogP contribution in [-0.4, -0.2) is 48.6 Å². The van der Waals surface area contributed by atoms with Crippen LogP contribution in [0, 0.1) is 5.82 Å². The Morgan fingerprint density at radius 1 is 1.09 bits per heavy atom. The van der Waals surface area contributed by atoms with E-state index in [0.717, 1.165) is 4.90 Å². The molecule has 0 aromatic heterocycles. The van der Waals surface area contributed by atoms with Gasteiger partial charge in [0.25, 0.3) is 0 Å². The van der Waals surface area contributed by atoms with E-state index in [-0.39, 0.29) is 16.9 Å². The molecular weight excluding hydrogens is 435 g/mol. The predicted molar refractivity (Wildman–Crippen MR) is 117 cm³/mol. The lowest BCUT2D eigenvalue weighted by Crippen LogP contribution is -2.47. The summed E-state index contributed by atoms with van der Waals surface area (Å²) in [6, 6.07) is 10.9. The molecule has 172 valence electrons. The Bertz CT molecular complexity index is 1100. The molecule has 1 heterocycles. The summed E-state index contributed by atoms with van der Waals surface area (Å²) >= 11 is 0. The third kappa shape index (κ3) is 4.68. The van der Waals surface area contributed by atoms with E-state index in [1.807, 2.05) is 0 Å². The molecule has 7 nitrogen and oxygen atoms in total. The van der Waals surface area contributed by atoms with E-state index in [1.54, 1.807) is 45.0 Å². The second kappa shape index (κ2) is 8.99. The number of hydrogen-bond acceptors (Lipinski definition) is 6. The number of carbonyl (C=O) groups excluding carboxylic acids is 2. The summed E-state index contributed by atoms with van der Waals surface area (Å²) in [6.07, 6.45) is -0.239. The van der Waals surface area contributed by atoms with E-state index in [0.29, 0.717) is 0 Å². The number of benzene rings is 2. The van der Waals surface area contributed by atoms with Crippen LogP contribution in [0.4, 0.5) is 4.39 Å². The van der Waals surface area contributed by atoms with Gasteiger partial charge in [-0.1, -0.05) is 36.4 Å². The number of carbonyl (C=O) groups is 2. The molecule has 0 spiro atoms. The van der Waals surface area contributed by atoms with Gasteiger partial charge in [-0.25, -0.2) is 17.6 Å². The number of nitrogens with two attached hydrogens (primary N) is 1. The van der Waals surface area contributed by atoms with Gasteiger partial charge in [0.2, 0.25) is 5.91 Å². The molecule has 0 radical (unpaired) electrons. The van der Waals surface area contributed by atoms with Crippen molar-refractivity contribution in [2.45, 2.75) is 55.0 Å². The maximum Gasteiger partial charge on any atom is 0.329 e. The van der Waals surface area contributed by atoms with Gasteiger partial charge >= 0.3 is 5.97 Å². The smallest absolute Gasteiger partial charge is 0.329 e. The van der Waals surface area contributed by atoms with E-state index in [1.165, 1.54) is 30.3 Å². The fraction of sp³-hybridized carbons (Fsp3) is 0.391. The fourth-order valence-corrected chi connectivity index (χ4v) is 5.93. The number of halogens is 1. The molecule has 1 saturated heterocycles. The fourth-order valence-electron chi connectivity index (χ4n) is 4.00. The van der Waals surface area contributed by atoms with Crippen LogP contribution in [0.15, 0.2) is 59.5 Å². The van der Waals surface area contributed by atoms with Crippen LogP contribution in [0.5, 0.6) is 0 Å². The Kier molecular flexibility index (Phi) is 6.71. The molecule has 2 aromatic rings. The maximum atomic E-state index is 14.9. The number of ether oxygens (including phenoxy) is 1. The number of nitrogens with zero attached hydrogens (tertiary/aromatic N) is 1. The molecule has 9 heteroatoms. The second-order valence-corrected chi connectivity index (χ2v) is 10.8. The van der Waals surface area contributed by atoms with Gasteiger partial charge in [0.1, 0.15) is 17.5 Å². The standard InChI is InChI=1S/C23H27FN2O5S/c1-23(2,3)31-22(28)18-13-19(32(29,30)15-9-5-4-6-10-15)21(26(18)20(27)14-25)16-11-7-8-12-17(16)24/h4-12,18-19,21H,13-14,25H2,1-3H3/t18-,19+,21-/m1/s1. The summed E-state index contributed by atoms with van der Waals surface area (Å²) < 4.78 is 47.5. The third-order valence-corrected chi connectivity index (χ3v) is 7.46. The van der Waals surface area contributed by atoms with Crippen LogP contribution in [0.25, 0.3) is 0 Å². The Hall–Kier alpha value is -2.78. The van der Waals surface area contributed by atoms with Crippen molar-refractivity contribution in [1.82, 2.24) is 4.90 Å². The molecule has 32 heavy (non-hydrogen) atoms. The highest BCUT2D eigenvalue weighted by molar-refractivity contribution is 7.92. The Morgan fingerprint density at radius 3 is 2.25 bits per heavy atom. The normalized spacial score (nSPS) is 21.4. The number of likely N-dealkylation sites (tertiary alicyclic amines) is 1. The topological polar surface area (TPSA) is 107 Å². The van der Waals surface area contributed by atoms with E-state index in [9.17, 15) is 22.4 Å². The summed E-state index contributed by atoms with van der Waals surface area (Å²) in [5.41, 5.74) is 4.74. The number of hydrogen-bond donors (Lipinski definition) is 1. The van der Waals surface area contributed by atoms with Crippen LogP contribution in [0.2, 0.25) is 0 Å². The highest BCUT2D eigenvalue weighted by atomic mass is 32.2. The minimum absolute atomic E-state index is 0.00450. The summed E-state index contributed by atoms with van der Waals surface area (Å²) in [5, 5.41) is -1.27. The van der Waals surface area contributed by atoms with Crippen molar-refractivity contribution < 1.29 is 27.1 Å². The minimum atomic E-state index is -4.05. The number of rotatable bonds is 5. The van der Waals surface area contributed by atoms with Gasteiger partial charge in [-0.2, -0.15) is 0 Å². The first kappa shape index (κ1) is 23.9. The Balaban J connectivity index is 2.19. The SMILES string of the molecule is CC(C)(C)OC(=O)[C@H]1C[C@H](S(=O)(=O)c2ccccc2)[C@@H](c2ccccc2F)N1C(=O)CN. The Labute approximate surface area is 187 Å². The first-order valence-corrected chi connectivity index (χ1v) is 11.8. The summed E-state index contributed by atoms with van der Waals surface area (Å²) in [6.45, 7) is 4.53. The van der Waals surface area contributed by atoms with Crippen LogP contribution in [-0.2, 0) is 24.2 Å². The first-order valence-electron chi connectivity index (χ1n) is 10.2. The van der Waals surface area contributed by atoms with Crippen LogP contribution in [0.1, 0.15) is 38.8 Å². The van der Waals surface area contributed by atoms with Crippen molar-refractivity contribution >= 4 is 21.7 Å². The molecule has 2 N–H and O–H groups in total. The zero-order valence-electron chi connectivity index (χ0n) is 18.2. The van der Waals surface area contributed by atoms with Gasteiger partial charge in [0, 0.05) is 5.56 Å². The molecule has 0 unspecified atom stereocenters. The maximum absolute atomic E-state index is 14.9. The van der Waals surface area contributed by atoms with E-state index >= 15 is 0 Å². The van der Waals surface area contributed by atoms with Crippen molar-refractivity contribution in [1.29, 1.82) is 0 Å². The molecule has 1 fully saturated rings. The molecule has 0 saturated carbocycles. The third-order valence-electron chi connectivity index (χ3n) is 5.28. The summed E-state index contributed by atoms with van der Waals surface area (Å²) in [7, 11) is -4.05. The molecule has 1 amide bonds. The molecule has 0 aliphatic carbocycles. The molecule has 3 rings (SSSR count). The zero-order chi connectivity index (χ0) is 23.7. The lowest BCUT2D eigenvalue weighted by molar-refractivity contribution is -0.164. The van der Waals surface area contributed by atoms with Gasteiger partial charge in [0.05, 0.1) is 22.7 Å². The first-order chi connectivity index (χ1) is 15.0. The second-order valence-electron chi connectivity index (χ2n) is 8.65. The van der Waals surface area contributed by atoms with Gasteiger partial charge in [-0.15, -0.1) is 0 Å². The lowest BCUT2D eigenvalue weighted by atomic mass is 10.0. The van der Waals surface area contributed by atoms with Crippen LogP contribution >= 0.6 is 0 Å². The quantitative estimate of drug-likeness (QED) is 0.685. The zero-order valence-corrected chi connectivity index (χ0v) is 19.0. The van der Waals surface area contributed by atoms with Gasteiger partial charge in [0.15, 0.2) is 9.84 Å². The van der Waals surface area contributed by atoms with E-state index in [2.05, 4.69) is 0 Å². The molecule has 0 bridgehead atoms. The molecule has 3 atom stereocenters. The monoisotopic (exact) mass is 462 g/mol. The molecular formula is C23H27FN2O5S. The predicted octanol–water partition coefficient (Wildman–Crippen LogP) is 2.61. The number of esters is 1. The number of sulfone groups is 1. The highest BCUT2D eigenvalue weighted by Crippen LogP contribution is 2.43. The van der Waals surface area contributed by atoms with E-state index in [4.69, 9.17) is 10.5 Å². The van der Waals surface area contributed by atoms with Gasteiger partial charge < -0.3 is 15.4 Å². The average molecular weight is 463 g/mol. The molecule has 2 aromatic carbocycles. The van der Waals surface area contributed by atoms with Crippen molar-refractivity contribution in [3.8, 4) is 0 Å². The van der Waals surface area contributed by atoms with Crippen molar-refractivity contribution in [3.05, 3.63) is 66.0 Å². The van der Waals surface area contributed by atoms with Crippen molar-refractivity contribution in [2.24, 2.45) is 5.73 Å². The average Bonchev–Trinajstić information content (AvgIpc) is 3.14. The molecule has 1 aliphatic rings. The van der Waals surface area contributed by atoms with Crippen LogP contribution in [0.3, 0.4) is 0 Å². The van der Waals surface area contributed by atoms with E-state index < -0.39 is 57.0 Å².